The van der Waals surface area contributed by atoms with Crippen LogP contribution >= 0.6 is 0 Å². The summed E-state index contributed by atoms with van der Waals surface area (Å²) in [5, 5.41) is -0.145. The third-order valence-electron chi connectivity index (χ3n) is 5.72. The smallest absolute Gasteiger partial charge is 0.328 e. The number of aromatic nitrogens is 5. The first-order valence-electron chi connectivity index (χ1n) is 11.2. The number of fused-ring (bicyclic) bond motifs is 1. The number of benzene rings is 2. The Morgan fingerprint density at radius 3 is 2.38 bits per heavy atom. The Morgan fingerprint density at radius 1 is 0.919 bits per heavy atom. The van der Waals surface area contributed by atoms with E-state index in [1.54, 1.807) is 63.7 Å². The van der Waals surface area contributed by atoms with E-state index in [9.17, 15) is 13.2 Å². The number of nitrogens with one attached hydrogen (secondary N) is 1. The van der Waals surface area contributed by atoms with Gasteiger partial charge in [0.05, 0.1) is 28.7 Å². The van der Waals surface area contributed by atoms with Crippen molar-refractivity contribution in [3.63, 3.8) is 0 Å². The van der Waals surface area contributed by atoms with Crippen LogP contribution in [-0.2, 0) is 37.8 Å². The van der Waals surface area contributed by atoms with Gasteiger partial charge in [0.2, 0.25) is 0 Å². The molecule has 11 nitrogen and oxygen atoms in total. The van der Waals surface area contributed by atoms with Crippen LogP contribution in [-0.4, -0.2) is 32.1 Å². The molecule has 0 saturated carbocycles. The average molecular weight is 521 g/mol. The van der Waals surface area contributed by atoms with E-state index in [-0.39, 0.29) is 28.8 Å². The number of ether oxygens (including phenoxy) is 2. The van der Waals surface area contributed by atoms with Crippen LogP contribution in [0.5, 0.6) is 17.2 Å². The number of nitrogens with zero attached hydrogens (tertiary/aromatic N) is 5. The van der Waals surface area contributed by atoms with Crippen LogP contribution in [0.1, 0.15) is 5.69 Å². The third-order valence-corrected chi connectivity index (χ3v) is 6.97. The minimum Gasteiger partial charge on any atom is -0.487 e. The van der Waals surface area contributed by atoms with Gasteiger partial charge in [0.1, 0.15) is 18.1 Å². The van der Waals surface area contributed by atoms with Crippen molar-refractivity contribution in [1.29, 1.82) is 0 Å². The van der Waals surface area contributed by atoms with Crippen LogP contribution < -0.4 is 19.9 Å². The van der Waals surface area contributed by atoms with Crippen molar-refractivity contribution in [3.8, 4) is 17.2 Å². The Kier molecular flexibility index (Phi) is 6.17. The molecule has 0 aliphatic carbocycles. The molecule has 0 fully saturated rings. The molecule has 190 valence electrons. The van der Waals surface area contributed by atoms with Gasteiger partial charge in [-0.2, -0.15) is 8.42 Å². The molecule has 2 aromatic carbocycles. The third kappa shape index (κ3) is 4.91. The lowest BCUT2D eigenvalue weighted by molar-refractivity contribution is 0.300. The first kappa shape index (κ1) is 24.1. The molecular weight excluding hydrogens is 496 g/mol. The largest absolute Gasteiger partial charge is 0.487 e. The van der Waals surface area contributed by atoms with Gasteiger partial charge in [0.25, 0.3) is 10.0 Å². The highest BCUT2D eigenvalue weighted by Gasteiger charge is 2.22. The van der Waals surface area contributed by atoms with Crippen LogP contribution in [0, 0.1) is 0 Å². The van der Waals surface area contributed by atoms with Crippen molar-refractivity contribution in [3.05, 3.63) is 89.5 Å². The number of imidazole rings is 2. The van der Waals surface area contributed by atoms with Crippen molar-refractivity contribution < 1.29 is 17.9 Å². The molecule has 5 aromatic rings. The quantitative estimate of drug-likeness (QED) is 0.333. The molecule has 37 heavy (non-hydrogen) atoms. The highest BCUT2D eigenvalue weighted by atomic mass is 32.2. The van der Waals surface area contributed by atoms with E-state index in [2.05, 4.69) is 14.7 Å². The molecule has 0 spiro atoms. The summed E-state index contributed by atoms with van der Waals surface area (Å²) >= 11 is 0. The predicted octanol–water partition coefficient (Wildman–Crippen LogP) is 3.18. The predicted molar refractivity (Wildman–Crippen MR) is 137 cm³/mol. The van der Waals surface area contributed by atoms with Gasteiger partial charge in [0, 0.05) is 45.7 Å². The van der Waals surface area contributed by atoms with Crippen molar-refractivity contribution in [1.82, 2.24) is 23.7 Å². The van der Waals surface area contributed by atoms with E-state index < -0.39 is 10.0 Å². The van der Waals surface area contributed by atoms with Crippen molar-refractivity contribution >= 4 is 26.7 Å². The average Bonchev–Trinajstić information content (AvgIpc) is 3.42. The van der Waals surface area contributed by atoms with Gasteiger partial charge in [-0.05, 0) is 30.3 Å². The molecule has 0 radical (unpaired) electrons. The second kappa shape index (κ2) is 9.47. The molecule has 3 heterocycles. The maximum Gasteiger partial charge on any atom is 0.328 e. The molecule has 0 unspecified atom stereocenters. The van der Waals surface area contributed by atoms with Crippen LogP contribution in [0.3, 0.4) is 0 Å². The molecule has 0 saturated heterocycles. The lowest BCUT2D eigenvalue weighted by Gasteiger charge is -2.14. The fourth-order valence-electron chi connectivity index (χ4n) is 3.81. The number of hydrogen-bond donors (Lipinski definition) is 1. The molecule has 0 bridgehead atoms. The molecule has 1 N–H and O–H groups in total. The molecular formula is C25H24N6O5S. The lowest BCUT2D eigenvalue weighted by Crippen LogP contribution is -2.19. The van der Waals surface area contributed by atoms with E-state index in [0.717, 1.165) is 5.69 Å². The van der Waals surface area contributed by atoms with E-state index in [1.165, 1.54) is 26.2 Å². The fourth-order valence-corrected chi connectivity index (χ4v) is 4.85. The Hall–Kier alpha value is -4.58. The van der Waals surface area contributed by atoms with Gasteiger partial charge < -0.3 is 14.0 Å². The van der Waals surface area contributed by atoms with Gasteiger partial charge in [-0.15, -0.1) is 0 Å². The second-order valence-corrected chi connectivity index (χ2v) is 10.0. The summed E-state index contributed by atoms with van der Waals surface area (Å²) in [5.41, 5.74) is 1.78. The van der Waals surface area contributed by atoms with E-state index in [4.69, 9.17) is 9.47 Å². The second-order valence-electron chi connectivity index (χ2n) is 8.41. The summed E-state index contributed by atoms with van der Waals surface area (Å²) in [5.74, 6) is 1.17. The van der Waals surface area contributed by atoms with Gasteiger partial charge in [0.15, 0.2) is 10.8 Å². The van der Waals surface area contributed by atoms with Crippen molar-refractivity contribution in [2.75, 3.05) is 4.72 Å². The summed E-state index contributed by atoms with van der Waals surface area (Å²) < 4.78 is 45.0. The Bertz CT molecular complexity index is 1760. The zero-order chi connectivity index (χ0) is 26.2. The number of pyridine rings is 1. The first-order valence-corrected chi connectivity index (χ1v) is 12.7. The van der Waals surface area contributed by atoms with Gasteiger partial charge in [-0.1, -0.05) is 12.1 Å². The molecule has 0 atom stereocenters. The zero-order valence-electron chi connectivity index (χ0n) is 20.3. The molecule has 0 amide bonds. The summed E-state index contributed by atoms with van der Waals surface area (Å²) in [6.45, 7) is 0.275. The molecule has 12 heteroatoms. The van der Waals surface area contributed by atoms with Crippen LogP contribution in [0.4, 0.5) is 5.69 Å². The number of anilines is 1. The maximum atomic E-state index is 13.0. The maximum absolute atomic E-state index is 13.0. The summed E-state index contributed by atoms with van der Waals surface area (Å²) in [6.07, 6.45) is 4.48. The standard InChI is InChI=1S/C25H24N6O5S/c1-29-14-24(27-16-29)37(33,34)28-20-12-21-22(31(3)25(32)30(21)2)13-23(20)36-19-9-6-8-18(11-19)35-15-17-7-4-5-10-26-17/h4-14,16,28H,15H2,1-3H3. The highest BCUT2D eigenvalue weighted by molar-refractivity contribution is 7.92. The monoisotopic (exact) mass is 520 g/mol. The molecule has 5 rings (SSSR count). The van der Waals surface area contributed by atoms with Gasteiger partial charge in [-0.25, -0.2) is 9.78 Å². The number of rotatable bonds is 8. The van der Waals surface area contributed by atoms with Crippen molar-refractivity contribution in [2.45, 2.75) is 11.6 Å². The molecule has 3 aromatic heterocycles. The highest BCUT2D eigenvalue weighted by Crippen LogP contribution is 2.36. The zero-order valence-corrected chi connectivity index (χ0v) is 21.1. The molecule has 0 aliphatic rings. The summed E-state index contributed by atoms with van der Waals surface area (Å²) in [4.78, 5) is 20.7. The van der Waals surface area contributed by atoms with E-state index >= 15 is 0 Å². The topological polar surface area (TPSA) is 122 Å². The van der Waals surface area contributed by atoms with Crippen LogP contribution in [0.15, 0.2) is 83.1 Å². The van der Waals surface area contributed by atoms with Crippen LogP contribution in [0.25, 0.3) is 11.0 Å². The Labute approximate surface area is 212 Å². The van der Waals surface area contributed by atoms with Gasteiger partial charge in [-0.3, -0.25) is 18.8 Å². The Morgan fingerprint density at radius 2 is 1.68 bits per heavy atom. The number of hydrogen-bond acceptors (Lipinski definition) is 7. The number of sulfonamides is 1. The van der Waals surface area contributed by atoms with Crippen LogP contribution in [0.2, 0.25) is 0 Å². The minimum atomic E-state index is -4.03. The lowest BCUT2D eigenvalue weighted by atomic mass is 10.2. The summed E-state index contributed by atoms with van der Waals surface area (Å²) in [7, 11) is 0.901. The SMILES string of the molecule is Cn1cnc(S(=O)(=O)Nc2cc3c(cc2Oc2cccc(OCc4ccccn4)c2)n(C)c(=O)n3C)c1. The minimum absolute atomic E-state index is 0.145. The van der Waals surface area contributed by atoms with E-state index in [1.807, 2.05) is 18.2 Å². The number of aryl methyl sites for hydroxylation is 3. The normalized spacial score (nSPS) is 11.5. The summed E-state index contributed by atoms with van der Waals surface area (Å²) in [6, 6.07) is 15.7. The van der Waals surface area contributed by atoms with E-state index in [0.29, 0.717) is 22.5 Å². The first-order chi connectivity index (χ1) is 17.7. The molecule has 0 aliphatic heterocycles. The Balaban J connectivity index is 1.50. The van der Waals surface area contributed by atoms with Gasteiger partial charge >= 0.3 is 5.69 Å². The van der Waals surface area contributed by atoms with Crippen molar-refractivity contribution in [2.24, 2.45) is 21.1 Å². The fraction of sp³-hybridized carbons (Fsp3) is 0.160.